The number of para-hydroxylation sites is 3. The first-order valence-electron chi connectivity index (χ1n) is 9.02. The lowest BCUT2D eigenvalue weighted by Gasteiger charge is -2.30. The molecule has 0 saturated carbocycles. The molecule has 4 rings (SSSR count). The summed E-state index contributed by atoms with van der Waals surface area (Å²) in [6, 6.07) is 25.1. The van der Waals surface area contributed by atoms with E-state index in [2.05, 4.69) is 0 Å². The summed E-state index contributed by atoms with van der Waals surface area (Å²) in [6.45, 7) is 0.953. The van der Waals surface area contributed by atoms with Gasteiger partial charge in [0.1, 0.15) is 23.9 Å². The van der Waals surface area contributed by atoms with Crippen LogP contribution in [-0.2, 0) is 4.79 Å². The maximum atomic E-state index is 13.3. The third-order valence-corrected chi connectivity index (χ3v) is 4.74. The second-order valence-electron chi connectivity index (χ2n) is 6.53. The fourth-order valence-corrected chi connectivity index (χ4v) is 3.32. The van der Waals surface area contributed by atoms with Gasteiger partial charge in [-0.05, 0) is 24.3 Å². The van der Waals surface area contributed by atoms with E-state index in [9.17, 15) is 4.79 Å². The van der Waals surface area contributed by atoms with Crippen molar-refractivity contribution < 1.29 is 14.3 Å². The summed E-state index contributed by atoms with van der Waals surface area (Å²) in [5.41, 5.74) is 1.80. The maximum Gasteiger partial charge on any atom is 0.234 e. The molecular formula is C23H21NO3. The van der Waals surface area contributed by atoms with Gasteiger partial charge in [-0.3, -0.25) is 4.79 Å². The molecule has 0 fully saturated rings. The topological polar surface area (TPSA) is 38.8 Å². The Hall–Kier alpha value is -3.27. The number of fused-ring (bicyclic) bond motifs is 2. The molecule has 136 valence electrons. The van der Waals surface area contributed by atoms with Gasteiger partial charge in [0.15, 0.2) is 0 Å². The van der Waals surface area contributed by atoms with Crippen LogP contribution in [0.15, 0.2) is 78.9 Å². The fourth-order valence-electron chi connectivity index (χ4n) is 3.32. The van der Waals surface area contributed by atoms with Crippen LogP contribution in [0.2, 0.25) is 0 Å². The predicted molar refractivity (Wildman–Crippen MR) is 104 cm³/mol. The number of benzene rings is 3. The van der Waals surface area contributed by atoms with Crippen LogP contribution < -0.4 is 9.47 Å². The quantitative estimate of drug-likeness (QED) is 0.675. The highest BCUT2D eigenvalue weighted by atomic mass is 16.5. The lowest BCUT2D eigenvalue weighted by Crippen LogP contribution is -2.36. The molecule has 1 heterocycles. The SMILES string of the molecule is CN(CCOc1ccccc1)C(=O)C1c2ccccc2Oc2ccccc21. The molecule has 1 aliphatic heterocycles. The number of ether oxygens (including phenoxy) is 2. The number of carbonyl (C=O) groups excluding carboxylic acids is 1. The number of hydrogen-bond acceptors (Lipinski definition) is 3. The summed E-state index contributed by atoms with van der Waals surface area (Å²) in [5, 5.41) is 0. The molecule has 3 aromatic rings. The van der Waals surface area contributed by atoms with Crippen molar-refractivity contribution in [2.75, 3.05) is 20.2 Å². The Morgan fingerprint density at radius 1 is 0.889 bits per heavy atom. The molecule has 4 nitrogen and oxygen atoms in total. The van der Waals surface area contributed by atoms with Gasteiger partial charge >= 0.3 is 0 Å². The van der Waals surface area contributed by atoms with Gasteiger partial charge in [-0.25, -0.2) is 0 Å². The van der Waals surface area contributed by atoms with Crippen LogP contribution in [0.25, 0.3) is 0 Å². The first-order chi connectivity index (χ1) is 13.2. The molecule has 3 aromatic carbocycles. The average Bonchev–Trinajstić information content (AvgIpc) is 2.72. The molecular weight excluding hydrogens is 338 g/mol. The Morgan fingerprint density at radius 2 is 1.44 bits per heavy atom. The summed E-state index contributed by atoms with van der Waals surface area (Å²) in [6.07, 6.45) is 0. The Bertz CT molecular complexity index is 894. The van der Waals surface area contributed by atoms with E-state index in [0.717, 1.165) is 28.4 Å². The van der Waals surface area contributed by atoms with Crippen LogP contribution in [0.5, 0.6) is 17.2 Å². The number of nitrogens with zero attached hydrogens (tertiary/aromatic N) is 1. The lowest BCUT2D eigenvalue weighted by atomic mass is 9.87. The Morgan fingerprint density at radius 3 is 2.07 bits per heavy atom. The van der Waals surface area contributed by atoms with Crippen LogP contribution in [0.3, 0.4) is 0 Å². The van der Waals surface area contributed by atoms with E-state index in [-0.39, 0.29) is 11.8 Å². The van der Waals surface area contributed by atoms with Crippen molar-refractivity contribution in [1.29, 1.82) is 0 Å². The summed E-state index contributed by atoms with van der Waals surface area (Å²) >= 11 is 0. The average molecular weight is 359 g/mol. The van der Waals surface area contributed by atoms with E-state index in [1.165, 1.54) is 0 Å². The highest BCUT2D eigenvalue weighted by molar-refractivity contribution is 5.89. The number of rotatable bonds is 5. The van der Waals surface area contributed by atoms with Crippen molar-refractivity contribution in [1.82, 2.24) is 4.90 Å². The van der Waals surface area contributed by atoms with E-state index < -0.39 is 0 Å². The van der Waals surface area contributed by atoms with Crippen LogP contribution in [0, 0.1) is 0 Å². The Balaban J connectivity index is 1.52. The molecule has 0 aromatic heterocycles. The van der Waals surface area contributed by atoms with Crippen molar-refractivity contribution in [3.63, 3.8) is 0 Å². The van der Waals surface area contributed by atoms with Gasteiger partial charge in [0.05, 0.1) is 12.5 Å². The maximum absolute atomic E-state index is 13.3. The van der Waals surface area contributed by atoms with Gasteiger partial charge in [-0.1, -0.05) is 54.6 Å². The largest absolute Gasteiger partial charge is 0.492 e. The normalized spacial score (nSPS) is 12.5. The summed E-state index contributed by atoms with van der Waals surface area (Å²) < 4.78 is 11.7. The number of amides is 1. The van der Waals surface area contributed by atoms with Gasteiger partial charge in [0.25, 0.3) is 0 Å². The van der Waals surface area contributed by atoms with E-state index in [1.54, 1.807) is 4.90 Å². The van der Waals surface area contributed by atoms with E-state index in [1.807, 2.05) is 85.9 Å². The van der Waals surface area contributed by atoms with Gasteiger partial charge in [-0.15, -0.1) is 0 Å². The summed E-state index contributed by atoms with van der Waals surface area (Å²) in [4.78, 5) is 15.0. The van der Waals surface area contributed by atoms with Gasteiger partial charge in [0, 0.05) is 18.2 Å². The van der Waals surface area contributed by atoms with E-state index in [0.29, 0.717) is 13.2 Å². The minimum absolute atomic E-state index is 0.0369. The van der Waals surface area contributed by atoms with Crippen molar-refractivity contribution in [3.05, 3.63) is 90.0 Å². The minimum atomic E-state index is -0.368. The number of hydrogen-bond donors (Lipinski definition) is 0. The Kier molecular flexibility index (Phi) is 4.79. The van der Waals surface area contributed by atoms with Crippen LogP contribution in [0.1, 0.15) is 17.0 Å². The van der Waals surface area contributed by atoms with Crippen LogP contribution in [0.4, 0.5) is 0 Å². The molecule has 0 bridgehead atoms. The number of likely N-dealkylation sites (N-methyl/N-ethyl adjacent to an activating group) is 1. The molecule has 0 saturated heterocycles. The lowest BCUT2D eigenvalue weighted by molar-refractivity contribution is -0.131. The molecule has 27 heavy (non-hydrogen) atoms. The van der Waals surface area contributed by atoms with Crippen molar-refractivity contribution >= 4 is 5.91 Å². The highest BCUT2D eigenvalue weighted by Crippen LogP contribution is 2.44. The van der Waals surface area contributed by atoms with Crippen molar-refractivity contribution in [2.45, 2.75) is 5.92 Å². The Labute approximate surface area is 159 Å². The first kappa shape index (κ1) is 17.2. The third kappa shape index (κ3) is 3.51. The molecule has 0 atom stereocenters. The molecule has 1 amide bonds. The predicted octanol–water partition coefficient (Wildman–Crippen LogP) is 4.46. The van der Waals surface area contributed by atoms with Gasteiger partial charge < -0.3 is 14.4 Å². The van der Waals surface area contributed by atoms with Gasteiger partial charge in [-0.2, -0.15) is 0 Å². The highest BCUT2D eigenvalue weighted by Gasteiger charge is 2.33. The number of carbonyl (C=O) groups is 1. The van der Waals surface area contributed by atoms with Crippen molar-refractivity contribution in [2.24, 2.45) is 0 Å². The van der Waals surface area contributed by atoms with E-state index >= 15 is 0 Å². The molecule has 0 aliphatic carbocycles. The standard InChI is InChI=1S/C23H21NO3/c1-24(15-16-26-17-9-3-2-4-10-17)23(25)22-18-11-5-7-13-20(18)27-21-14-8-6-12-19(21)22/h2-14,22H,15-16H2,1H3. The first-order valence-corrected chi connectivity index (χ1v) is 9.02. The second kappa shape index (κ2) is 7.54. The second-order valence-corrected chi connectivity index (χ2v) is 6.53. The van der Waals surface area contributed by atoms with Crippen molar-refractivity contribution in [3.8, 4) is 17.2 Å². The van der Waals surface area contributed by atoms with Crippen LogP contribution >= 0.6 is 0 Å². The monoisotopic (exact) mass is 359 g/mol. The van der Waals surface area contributed by atoms with Gasteiger partial charge in [0.2, 0.25) is 5.91 Å². The minimum Gasteiger partial charge on any atom is -0.492 e. The van der Waals surface area contributed by atoms with Crippen LogP contribution in [-0.4, -0.2) is 31.0 Å². The summed E-state index contributed by atoms with van der Waals surface area (Å²) in [7, 11) is 1.82. The molecule has 4 heteroatoms. The van der Waals surface area contributed by atoms with E-state index in [4.69, 9.17) is 9.47 Å². The fraction of sp³-hybridized carbons (Fsp3) is 0.174. The smallest absolute Gasteiger partial charge is 0.234 e. The molecule has 0 unspecified atom stereocenters. The zero-order valence-corrected chi connectivity index (χ0v) is 15.2. The molecule has 0 N–H and O–H groups in total. The zero-order valence-electron chi connectivity index (χ0n) is 15.2. The molecule has 0 radical (unpaired) electrons. The molecule has 0 spiro atoms. The zero-order chi connectivity index (χ0) is 18.6. The molecule has 1 aliphatic rings. The third-order valence-electron chi connectivity index (χ3n) is 4.74. The summed E-state index contributed by atoms with van der Waals surface area (Å²) in [5.74, 6) is 1.95.